The molecule has 3 amide bonds. The summed E-state index contributed by atoms with van der Waals surface area (Å²) < 4.78 is 0. The Labute approximate surface area is 178 Å². The molecule has 0 aromatic heterocycles. The number of carboxylic acids is 1. The van der Waals surface area contributed by atoms with E-state index in [4.69, 9.17) is 11.5 Å². The van der Waals surface area contributed by atoms with Crippen LogP contribution in [0.3, 0.4) is 0 Å². The Morgan fingerprint density at radius 3 is 2.37 bits per heavy atom. The summed E-state index contributed by atoms with van der Waals surface area (Å²) in [7, 11) is 0. The molecule has 0 spiro atoms. The summed E-state index contributed by atoms with van der Waals surface area (Å²) in [5.74, 6) is -2.44. The van der Waals surface area contributed by atoms with Crippen molar-refractivity contribution in [1.82, 2.24) is 15.5 Å². The van der Waals surface area contributed by atoms with Gasteiger partial charge in [-0.25, -0.2) is 4.79 Å². The van der Waals surface area contributed by atoms with Crippen molar-refractivity contribution in [3.63, 3.8) is 0 Å². The lowest BCUT2D eigenvalue weighted by Crippen LogP contribution is -2.56. The molecule has 1 rings (SSSR count). The number of rotatable bonds is 12. The van der Waals surface area contributed by atoms with Gasteiger partial charge in [-0.15, -0.1) is 0 Å². The Balaban J connectivity index is 2.80. The smallest absolute Gasteiger partial charge is 0.326 e. The number of hydrogen-bond donors (Lipinski definition) is 5. The van der Waals surface area contributed by atoms with Crippen molar-refractivity contribution in [1.29, 1.82) is 0 Å². The predicted octanol–water partition coefficient (Wildman–Crippen LogP) is -0.446. The van der Waals surface area contributed by atoms with Gasteiger partial charge in [0.1, 0.15) is 18.1 Å². The lowest BCUT2D eigenvalue weighted by Gasteiger charge is -2.28. The summed E-state index contributed by atoms with van der Waals surface area (Å²) in [6.45, 7) is 6.10. The first-order chi connectivity index (χ1) is 14.1. The van der Waals surface area contributed by atoms with Gasteiger partial charge in [-0.1, -0.05) is 20.3 Å². The molecular formula is C20H37N5O5. The van der Waals surface area contributed by atoms with Gasteiger partial charge in [0.15, 0.2) is 0 Å². The first kappa shape index (κ1) is 25.8. The van der Waals surface area contributed by atoms with Crippen LogP contribution in [0.15, 0.2) is 0 Å². The molecular weight excluding hydrogens is 390 g/mol. The van der Waals surface area contributed by atoms with Gasteiger partial charge in [-0.3, -0.25) is 14.4 Å². The maximum absolute atomic E-state index is 13.0. The van der Waals surface area contributed by atoms with E-state index in [1.165, 1.54) is 11.8 Å². The molecule has 7 N–H and O–H groups in total. The van der Waals surface area contributed by atoms with Crippen LogP contribution in [-0.4, -0.2) is 71.0 Å². The molecule has 10 heteroatoms. The third-order valence-corrected chi connectivity index (χ3v) is 5.69. The molecule has 0 aromatic carbocycles. The van der Waals surface area contributed by atoms with Gasteiger partial charge in [-0.05, 0) is 51.5 Å². The largest absolute Gasteiger partial charge is 0.480 e. The highest BCUT2D eigenvalue weighted by Crippen LogP contribution is 2.20. The Hall–Kier alpha value is -2.20. The Morgan fingerprint density at radius 2 is 1.80 bits per heavy atom. The summed E-state index contributed by atoms with van der Waals surface area (Å²) in [4.78, 5) is 50.6. The van der Waals surface area contributed by atoms with Crippen molar-refractivity contribution in [2.45, 2.75) is 83.5 Å². The molecule has 0 aromatic rings. The zero-order valence-electron chi connectivity index (χ0n) is 18.2. The van der Waals surface area contributed by atoms with Crippen molar-refractivity contribution in [2.75, 3.05) is 13.1 Å². The standard InChI is InChI=1S/C20H37N5O5/c1-4-12(2)16(22)18(27)23-13(3)17(26)24-14(8-5-6-10-21)19(28)25-11-7-9-15(25)20(29)30/h12-16H,4-11,21-22H2,1-3H3,(H,23,27)(H,24,26)(H,29,30). The topological polar surface area (TPSA) is 168 Å². The number of unbranched alkanes of at least 4 members (excludes halogenated alkanes) is 1. The fourth-order valence-electron chi connectivity index (χ4n) is 3.42. The summed E-state index contributed by atoms with van der Waals surface area (Å²) in [5, 5.41) is 14.6. The summed E-state index contributed by atoms with van der Waals surface area (Å²) in [5.41, 5.74) is 11.4. The maximum Gasteiger partial charge on any atom is 0.326 e. The first-order valence-electron chi connectivity index (χ1n) is 10.7. The number of nitrogens with zero attached hydrogens (tertiary/aromatic N) is 1. The van der Waals surface area contributed by atoms with Gasteiger partial charge >= 0.3 is 5.97 Å². The zero-order chi connectivity index (χ0) is 22.8. The number of carbonyl (C=O) groups excluding carboxylic acids is 3. The van der Waals surface area contributed by atoms with Crippen LogP contribution in [0.25, 0.3) is 0 Å². The Morgan fingerprint density at radius 1 is 1.13 bits per heavy atom. The number of likely N-dealkylation sites (tertiary alicyclic amines) is 1. The fraction of sp³-hybridized carbons (Fsp3) is 0.800. The molecule has 172 valence electrons. The van der Waals surface area contributed by atoms with Crippen LogP contribution in [0.2, 0.25) is 0 Å². The van der Waals surface area contributed by atoms with Crippen LogP contribution in [0.4, 0.5) is 0 Å². The maximum atomic E-state index is 13.0. The normalized spacial score (nSPS) is 20.2. The van der Waals surface area contributed by atoms with Gasteiger partial charge in [0, 0.05) is 6.54 Å². The highest BCUT2D eigenvalue weighted by atomic mass is 16.4. The number of nitrogens with one attached hydrogen (secondary N) is 2. The molecule has 0 bridgehead atoms. The van der Waals surface area contributed by atoms with Crippen molar-refractivity contribution in [2.24, 2.45) is 17.4 Å². The Kier molecular flexibility index (Phi) is 10.8. The molecule has 1 heterocycles. The second kappa shape index (κ2) is 12.5. The molecule has 0 aliphatic carbocycles. The van der Waals surface area contributed by atoms with E-state index in [2.05, 4.69) is 10.6 Å². The summed E-state index contributed by atoms with van der Waals surface area (Å²) in [6.07, 6.45) is 3.36. The molecule has 1 saturated heterocycles. The minimum absolute atomic E-state index is 0.0334. The molecule has 0 radical (unpaired) electrons. The third-order valence-electron chi connectivity index (χ3n) is 5.69. The van der Waals surface area contributed by atoms with E-state index in [1.54, 1.807) is 0 Å². The second-order valence-corrected chi connectivity index (χ2v) is 8.02. The number of hydrogen-bond acceptors (Lipinski definition) is 6. The van der Waals surface area contributed by atoms with E-state index >= 15 is 0 Å². The van der Waals surface area contributed by atoms with Crippen molar-refractivity contribution >= 4 is 23.7 Å². The van der Waals surface area contributed by atoms with E-state index < -0.39 is 47.9 Å². The molecule has 1 fully saturated rings. The van der Waals surface area contributed by atoms with Crippen LogP contribution in [0.1, 0.15) is 59.3 Å². The van der Waals surface area contributed by atoms with Crippen LogP contribution < -0.4 is 22.1 Å². The van der Waals surface area contributed by atoms with Crippen molar-refractivity contribution in [3.05, 3.63) is 0 Å². The quantitative estimate of drug-likeness (QED) is 0.263. The second-order valence-electron chi connectivity index (χ2n) is 8.02. The molecule has 5 unspecified atom stereocenters. The molecule has 30 heavy (non-hydrogen) atoms. The molecule has 5 atom stereocenters. The lowest BCUT2D eigenvalue weighted by atomic mass is 9.99. The summed E-state index contributed by atoms with van der Waals surface area (Å²) in [6, 6.07) is -3.36. The van der Waals surface area contributed by atoms with Crippen molar-refractivity contribution < 1.29 is 24.3 Å². The molecule has 1 aliphatic rings. The minimum atomic E-state index is -1.05. The minimum Gasteiger partial charge on any atom is -0.480 e. The van der Waals surface area contributed by atoms with E-state index in [1.807, 2.05) is 13.8 Å². The van der Waals surface area contributed by atoms with Gasteiger partial charge in [0.2, 0.25) is 17.7 Å². The average molecular weight is 428 g/mol. The predicted molar refractivity (Wildman–Crippen MR) is 112 cm³/mol. The average Bonchev–Trinajstić information content (AvgIpc) is 3.21. The SMILES string of the molecule is CCC(C)C(N)C(=O)NC(C)C(=O)NC(CCCCN)C(=O)N1CCCC1C(=O)O. The zero-order valence-corrected chi connectivity index (χ0v) is 18.2. The number of carbonyl (C=O) groups is 4. The van der Waals surface area contributed by atoms with Crippen LogP contribution in [-0.2, 0) is 19.2 Å². The van der Waals surface area contributed by atoms with E-state index in [0.717, 1.165) is 6.42 Å². The summed E-state index contributed by atoms with van der Waals surface area (Å²) >= 11 is 0. The van der Waals surface area contributed by atoms with E-state index in [-0.39, 0.29) is 5.92 Å². The monoisotopic (exact) mass is 427 g/mol. The van der Waals surface area contributed by atoms with Crippen LogP contribution in [0.5, 0.6) is 0 Å². The number of nitrogens with two attached hydrogens (primary N) is 2. The fourth-order valence-corrected chi connectivity index (χ4v) is 3.42. The van der Waals surface area contributed by atoms with Gasteiger partial charge < -0.3 is 32.1 Å². The van der Waals surface area contributed by atoms with E-state index in [9.17, 15) is 24.3 Å². The first-order valence-corrected chi connectivity index (χ1v) is 10.7. The van der Waals surface area contributed by atoms with Gasteiger partial charge in [0.25, 0.3) is 0 Å². The van der Waals surface area contributed by atoms with Crippen LogP contribution in [0, 0.1) is 5.92 Å². The van der Waals surface area contributed by atoms with Crippen LogP contribution >= 0.6 is 0 Å². The highest BCUT2D eigenvalue weighted by Gasteiger charge is 2.37. The lowest BCUT2D eigenvalue weighted by molar-refractivity contribution is -0.149. The third kappa shape index (κ3) is 7.24. The number of aliphatic carboxylic acids is 1. The van der Waals surface area contributed by atoms with Gasteiger partial charge in [-0.2, -0.15) is 0 Å². The van der Waals surface area contributed by atoms with E-state index in [0.29, 0.717) is 45.2 Å². The molecule has 10 nitrogen and oxygen atoms in total. The van der Waals surface area contributed by atoms with Gasteiger partial charge in [0.05, 0.1) is 6.04 Å². The Bertz CT molecular complexity index is 614. The molecule has 1 aliphatic heterocycles. The molecule has 0 saturated carbocycles. The highest BCUT2D eigenvalue weighted by molar-refractivity contribution is 5.94. The number of carboxylic acid groups (broad SMARTS) is 1. The number of amides is 3. The van der Waals surface area contributed by atoms with Crippen molar-refractivity contribution in [3.8, 4) is 0 Å².